The van der Waals surface area contributed by atoms with Crippen LogP contribution in [0.2, 0.25) is 0 Å². The van der Waals surface area contributed by atoms with Gasteiger partial charge >= 0.3 is 0 Å². The molecule has 0 aliphatic carbocycles. The Hall–Kier alpha value is -1.62. The summed E-state index contributed by atoms with van der Waals surface area (Å²) in [6.07, 6.45) is 0.691. The first kappa shape index (κ1) is 16.2. The van der Waals surface area contributed by atoms with Crippen molar-refractivity contribution in [1.82, 2.24) is 19.6 Å². The molecule has 2 heterocycles. The standard InChI is InChI=1S/C13H12FN5OS3/c1-20-6-5-10-16-12(23-19-10)22-13-18-17-11(21-13)15-9-4-2-3-8(14)7-9/h2-4,7H,5-6H2,1H3,(H,15,17). The maximum atomic E-state index is 13.2. The highest BCUT2D eigenvalue weighted by atomic mass is 32.2. The van der Waals surface area contributed by atoms with Crippen molar-refractivity contribution in [2.45, 2.75) is 15.1 Å². The van der Waals surface area contributed by atoms with Gasteiger partial charge in [0.05, 0.1) is 6.61 Å². The molecule has 120 valence electrons. The zero-order chi connectivity index (χ0) is 16.1. The van der Waals surface area contributed by atoms with E-state index in [1.54, 1.807) is 19.2 Å². The van der Waals surface area contributed by atoms with Gasteiger partial charge in [-0.05, 0) is 41.5 Å². The smallest absolute Gasteiger partial charge is 0.210 e. The molecule has 0 spiro atoms. The van der Waals surface area contributed by atoms with E-state index < -0.39 is 0 Å². The predicted octanol–water partition coefficient (Wildman–Crippen LogP) is 3.61. The SMILES string of the molecule is COCCc1nsc(Sc2nnc(Nc3cccc(F)c3)s2)n1. The predicted molar refractivity (Wildman–Crippen MR) is 89.2 cm³/mol. The van der Waals surface area contributed by atoms with Crippen molar-refractivity contribution in [3.8, 4) is 0 Å². The second kappa shape index (κ2) is 7.77. The molecule has 0 aliphatic heterocycles. The number of hydrogen-bond donors (Lipinski definition) is 1. The monoisotopic (exact) mass is 369 g/mol. The van der Waals surface area contributed by atoms with Gasteiger partial charge in [0.1, 0.15) is 11.6 Å². The van der Waals surface area contributed by atoms with E-state index in [0.717, 1.165) is 14.5 Å². The molecule has 0 unspecified atom stereocenters. The molecule has 0 radical (unpaired) electrons. The molecule has 1 N–H and O–H groups in total. The third-order valence-electron chi connectivity index (χ3n) is 2.64. The van der Waals surface area contributed by atoms with E-state index in [1.807, 2.05) is 0 Å². The molecular formula is C13H12FN5OS3. The van der Waals surface area contributed by atoms with Crippen LogP contribution in [0.4, 0.5) is 15.2 Å². The third kappa shape index (κ3) is 4.67. The summed E-state index contributed by atoms with van der Waals surface area (Å²) in [6.45, 7) is 0.599. The molecule has 0 fully saturated rings. The number of anilines is 2. The molecule has 0 saturated carbocycles. The highest BCUT2D eigenvalue weighted by Gasteiger charge is 2.11. The molecule has 10 heteroatoms. The molecule has 3 aromatic rings. The normalized spacial score (nSPS) is 10.9. The number of methoxy groups -OCH3 is 1. The largest absolute Gasteiger partial charge is 0.384 e. The zero-order valence-corrected chi connectivity index (χ0v) is 14.5. The molecule has 2 aromatic heterocycles. The number of benzene rings is 1. The second-order valence-electron chi connectivity index (χ2n) is 4.33. The van der Waals surface area contributed by atoms with Gasteiger partial charge in [-0.2, -0.15) is 4.37 Å². The van der Waals surface area contributed by atoms with E-state index in [4.69, 9.17) is 4.74 Å². The molecule has 0 amide bonds. The van der Waals surface area contributed by atoms with E-state index in [1.165, 1.54) is 46.8 Å². The van der Waals surface area contributed by atoms with Crippen molar-refractivity contribution in [1.29, 1.82) is 0 Å². The van der Waals surface area contributed by atoms with E-state index >= 15 is 0 Å². The van der Waals surface area contributed by atoms with Gasteiger partial charge in [0.15, 0.2) is 8.68 Å². The summed E-state index contributed by atoms with van der Waals surface area (Å²) in [4.78, 5) is 4.41. The van der Waals surface area contributed by atoms with Crippen LogP contribution in [-0.4, -0.2) is 33.3 Å². The van der Waals surface area contributed by atoms with Crippen LogP contribution in [0.15, 0.2) is 32.9 Å². The summed E-state index contributed by atoms with van der Waals surface area (Å²) < 4.78 is 24.0. The number of ether oxygens (including phenoxy) is 1. The van der Waals surface area contributed by atoms with E-state index in [-0.39, 0.29) is 5.82 Å². The molecule has 0 aliphatic rings. The van der Waals surface area contributed by atoms with Gasteiger partial charge < -0.3 is 10.1 Å². The van der Waals surface area contributed by atoms with Crippen molar-refractivity contribution >= 4 is 45.5 Å². The Kier molecular flexibility index (Phi) is 5.49. The van der Waals surface area contributed by atoms with Crippen LogP contribution in [0.1, 0.15) is 5.82 Å². The Morgan fingerprint density at radius 1 is 1.30 bits per heavy atom. The average Bonchev–Trinajstić information content (AvgIpc) is 3.15. The van der Waals surface area contributed by atoms with E-state index in [0.29, 0.717) is 23.8 Å². The van der Waals surface area contributed by atoms with Gasteiger partial charge in [0.2, 0.25) is 5.13 Å². The highest BCUT2D eigenvalue weighted by Crippen LogP contribution is 2.33. The minimum absolute atomic E-state index is 0.299. The number of halogens is 1. The lowest BCUT2D eigenvalue weighted by molar-refractivity contribution is 0.200. The summed E-state index contributed by atoms with van der Waals surface area (Å²) in [5.74, 6) is 0.466. The third-order valence-corrected chi connectivity index (χ3v) is 5.31. The Balaban J connectivity index is 1.61. The van der Waals surface area contributed by atoms with Crippen molar-refractivity contribution in [2.24, 2.45) is 0 Å². The van der Waals surface area contributed by atoms with Gasteiger partial charge in [-0.15, -0.1) is 10.2 Å². The average molecular weight is 369 g/mol. The minimum Gasteiger partial charge on any atom is -0.384 e. The molecule has 6 nitrogen and oxygen atoms in total. The lowest BCUT2D eigenvalue weighted by atomic mass is 10.3. The van der Waals surface area contributed by atoms with E-state index in [9.17, 15) is 4.39 Å². The van der Waals surface area contributed by atoms with Crippen LogP contribution in [0.3, 0.4) is 0 Å². The van der Waals surface area contributed by atoms with Crippen molar-refractivity contribution in [3.63, 3.8) is 0 Å². The van der Waals surface area contributed by atoms with Gasteiger partial charge in [-0.3, -0.25) is 0 Å². The van der Waals surface area contributed by atoms with Crippen molar-refractivity contribution in [3.05, 3.63) is 35.9 Å². The van der Waals surface area contributed by atoms with Gasteiger partial charge in [-0.25, -0.2) is 9.37 Å². The Labute approximate surface area is 144 Å². The molecule has 0 saturated heterocycles. The first-order valence-corrected chi connectivity index (χ1v) is 8.99. The fraction of sp³-hybridized carbons (Fsp3) is 0.231. The maximum absolute atomic E-state index is 13.2. The van der Waals surface area contributed by atoms with Gasteiger partial charge in [-0.1, -0.05) is 17.4 Å². The van der Waals surface area contributed by atoms with Gasteiger partial charge in [0, 0.05) is 19.2 Å². The molecule has 3 rings (SSSR count). The molecule has 1 aromatic carbocycles. The number of nitrogens with one attached hydrogen (secondary N) is 1. The number of nitrogens with zero attached hydrogens (tertiary/aromatic N) is 4. The summed E-state index contributed by atoms with van der Waals surface area (Å²) in [6, 6.07) is 6.20. The summed E-state index contributed by atoms with van der Waals surface area (Å²) in [5, 5.41) is 11.8. The van der Waals surface area contributed by atoms with Crippen LogP contribution in [0.25, 0.3) is 0 Å². The van der Waals surface area contributed by atoms with Crippen LogP contribution in [0.5, 0.6) is 0 Å². The van der Waals surface area contributed by atoms with E-state index in [2.05, 4.69) is 24.9 Å². The molecule has 23 heavy (non-hydrogen) atoms. The number of aromatic nitrogens is 4. The summed E-state index contributed by atoms with van der Waals surface area (Å²) >= 11 is 4.11. The Morgan fingerprint density at radius 2 is 2.22 bits per heavy atom. The second-order valence-corrected chi connectivity index (χ2v) is 7.55. The number of hydrogen-bond acceptors (Lipinski definition) is 9. The first-order valence-electron chi connectivity index (χ1n) is 6.58. The fourth-order valence-electron chi connectivity index (χ4n) is 1.64. The Bertz CT molecular complexity index is 778. The van der Waals surface area contributed by atoms with Crippen molar-refractivity contribution < 1.29 is 9.13 Å². The zero-order valence-electron chi connectivity index (χ0n) is 12.0. The minimum atomic E-state index is -0.299. The highest BCUT2D eigenvalue weighted by molar-refractivity contribution is 8.02. The fourth-order valence-corrected chi connectivity index (χ4v) is 4.28. The Morgan fingerprint density at radius 3 is 3.04 bits per heavy atom. The number of rotatable bonds is 7. The first-order chi connectivity index (χ1) is 11.2. The van der Waals surface area contributed by atoms with Crippen molar-refractivity contribution in [2.75, 3.05) is 19.0 Å². The lowest BCUT2D eigenvalue weighted by Crippen LogP contribution is -1.95. The molecular weight excluding hydrogens is 357 g/mol. The summed E-state index contributed by atoms with van der Waals surface area (Å²) in [5.41, 5.74) is 0.635. The van der Waals surface area contributed by atoms with Crippen LogP contribution >= 0.6 is 34.6 Å². The molecule has 0 atom stereocenters. The van der Waals surface area contributed by atoms with Crippen LogP contribution in [0, 0.1) is 5.82 Å². The lowest BCUT2D eigenvalue weighted by Gasteiger charge is -2.00. The summed E-state index contributed by atoms with van der Waals surface area (Å²) in [7, 11) is 1.65. The van der Waals surface area contributed by atoms with Crippen LogP contribution in [-0.2, 0) is 11.2 Å². The van der Waals surface area contributed by atoms with Crippen LogP contribution < -0.4 is 5.32 Å². The quantitative estimate of drug-likeness (QED) is 0.682. The van der Waals surface area contributed by atoms with Gasteiger partial charge in [0.25, 0.3) is 0 Å². The topological polar surface area (TPSA) is 72.8 Å². The molecule has 0 bridgehead atoms. The maximum Gasteiger partial charge on any atom is 0.210 e.